The van der Waals surface area contributed by atoms with E-state index < -0.39 is 17.7 Å². The molecule has 10 heteroatoms. The Hall–Kier alpha value is -2.46. The fourth-order valence-electron chi connectivity index (χ4n) is 2.48. The van der Waals surface area contributed by atoms with Crippen molar-refractivity contribution in [3.8, 4) is 5.75 Å². The normalized spacial score (nSPS) is 11.9. The highest BCUT2D eigenvalue weighted by Crippen LogP contribution is 2.26. The van der Waals surface area contributed by atoms with Crippen LogP contribution in [-0.4, -0.2) is 26.4 Å². The van der Waals surface area contributed by atoms with Crippen molar-refractivity contribution in [2.24, 2.45) is 7.05 Å². The number of benzene rings is 2. The standard InChI is InChI=1S/C19H17BrF2N4O2S/c1-11(28-16-8-5-13(21)9-15(16)22)18-24-25-19(26(18)2)29-10-17(27)23-14-6-3-12(20)4-7-14/h3-9,11H,10H2,1-2H3,(H,23,27). The maximum absolute atomic E-state index is 13.8. The number of aromatic nitrogens is 3. The van der Waals surface area contributed by atoms with Crippen molar-refractivity contribution < 1.29 is 18.3 Å². The van der Waals surface area contributed by atoms with Gasteiger partial charge in [-0.15, -0.1) is 10.2 Å². The van der Waals surface area contributed by atoms with Gasteiger partial charge >= 0.3 is 0 Å². The molecule has 0 fully saturated rings. The lowest BCUT2D eigenvalue weighted by molar-refractivity contribution is -0.113. The van der Waals surface area contributed by atoms with Gasteiger partial charge in [-0.2, -0.15) is 0 Å². The van der Waals surface area contributed by atoms with E-state index in [1.54, 1.807) is 30.7 Å². The number of thioether (sulfide) groups is 1. The molecule has 2 aromatic carbocycles. The van der Waals surface area contributed by atoms with Gasteiger partial charge in [0.05, 0.1) is 5.75 Å². The zero-order valence-corrected chi connectivity index (χ0v) is 17.9. The third kappa shape index (κ3) is 5.54. The van der Waals surface area contributed by atoms with Crippen LogP contribution < -0.4 is 10.1 Å². The predicted octanol–water partition coefficient (Wildman–Crippen LogP) is 4.73. The molecule has 3 rings (SSSR count). The fourth-order valence-corrected chi connectivity index (χ4v) is 3.46. The van der Waals surface area contributed by atoms with Crippen molar-refractivity contribution in [2.45, 2.75) is 18.2 Å². The second-order valence-electron chi connectivity index (χ2n) is 6.08. The lowest BCUT2D eigenvalue weighted by atomic mass is 10.3. The van der Waals surface area contributed by atoms with Crippen LogP contribution in [0.4, 0.5) is 14.5 Å². The molecule has 0 aliphatic carbocycles. The Balaban J connectivity index is 1.59. The van der Waals surface area contributed by atoms with E-state index in [4.69, 9.17) is 4.74 Å². The van der Waals surface area contributed by atoms with Crippen LogP contribution in [0.5, 0.6) is 5.75 Å². The number of halogens is 3. The average molecular weight is 483 g/mol. The Morgan fingerprint density at radius 1 is 1.24 bits per heavy atom. The van der Waals surface area contributed by atoms with Crippen LogP contribution in [-0.2, 0) is 11.8 Å². The highest BCUT2D eigenvalue weighted by molar-refractivity contribution is 9.10. The molecule has 0 aliphatic heterocycles. The Bertz CT molecular complexity index is 1010. The predicted molar refractivity (Wildman–Crippen MR) is 110 cm³/mol. The second-order valence-corrected chi connectivity index (χ2v) is 7.94. The molecule has 1 aromatic heterocycles. The van der Waals surface area contributed by atoms with Gasteiger partial charge in [-0.25, -0.2) is 8.78 Å². The maximum Gasteiger partial charge on any atom is 0.234 e. The average Bonchev–Trinajstić information content (AvgIpc) is 3.05. The molecule has 0 saturated carbocycles. The summed E-state index contributed by atoms with van der Waals surface area (Å²) in [6.45, 7) is 1.68. The number of hydrogen-bond donors (Lipinski definition) is 1. The van der Waals surface area contributed by atoms with Gasteiger partial charge in [0, 0.05) is 23.3 Å². The first-order valence-corrected chi connectivity index (χ1v) is 10.3. The van der Waals surface area contributed by atoms with Crippen molar-refractivity contribution >= 4 is 39.3 Å². The van der Waals surface area contributed by atoms with Crippen molar-refractivity contribution in [2.75, 3.05) is 11.1 Å². The third-order valence-electron chi connectivity index (χ3n) is 3.89. The summed E-state index contributed by atoms with van der Waals surface area (Å²) >= 11 is 4.56. The van der Waals surface area contributed by atoms with Crippen LogP contribution in [0.25, 0.3) is 0 Å². The number of nitrogens with zero attached hydrogens (tertiary/aromatic N) is 3. The number of ether oxygens (including phenoxy) is 1. The summed E-state index contributed by atoms with van der Waals surface area (Å²) < 4.78 is 34.9. The summed E-state index contributed by atoms with van der Waals surface area (Å²) in [7, 11) is 1.73. The molecule has 0 radical (unpaired) electrons. The van der Waals surface area contributed by atoms with Gasteiger partial charge in [-0.3, -0.25) is 4.79 Å². The van der Waals surface area contributed by atoms with Gasteiger partial charge in [-0.05, 0) is 43.3 Å². The topological polar surface area (TPSA) is 69.0 Å². The maximum atomic E-state index is 13.8. The molecule has 0 aliphatic rings. The van der Waals surface area contributed by atoms with Gasteiger partial charge < -0.3 is 14.6 Å². The summed E-state index contributed by atoms with van der Waals surface area (Å²) in [5, 5.41) is 11.4. The van der Waals surface area contributed by atoms with Gasteiger partial charge in [0.15, 0.2) is 28.7 Å². The summed E-state index contributed by atoms with van der Waals surface area (Å²) in [5.41, 5.74) is 0.695. The fraction of sp³-hybridized carbons (Fsp3) is 0.211. The number of hydrogen-bond acceptors (Lipinski definition) is 5. The molecule has 1 amide bonds. The van der Waals surface area contributed by atoms with E-state index in [-0.39, 0.29) is 17.4 Å². The van der Waals surface area contributed by atoms with Crippen LogP contribution in [0.2, 0.25) is 0 Å². The minimum Gasteiger partial charge on any atom is -0.480 e. The van der Waals surface area contributed by atoms with Crippen molar-refractivity contribution in [3.63, 3.8) is 0 Å². The Morgan fingerprint density at radius 2 is 1.97 bits per heavy atom. The Kier molecular flexibility index (Phi) is 6.86. The summed E-state index contributed by atoms with van der Waals surface area (Å²) in [6.07, 6.45) is -0.626. The Morgan fingerprint density at radius 3 is 2.66 bits per heavy atom. The largest absolute Gasteiger partial charge is 0.480 e. The monoisotopic (exact) mass is 482 g/mol. The summed E-state index contributed by atoms with van der Waals surface area (Å²) in [4.78, 5) is 12.1. The minimum absolute atomic E-state index is 0.0787. The van der Waals surface area contributed by atoms with Crippen molar-refractivity contribution in [3.05, 3.63) is 64.4 Å². The smallest absolute Gasteiger partial charge is 0.234 e. The molecule has 29 heavy (non-hydrogen) atoms. The van der Waals surface area contributed by atoms with E-state index >= 15 is 0 Å². The number of rotatable bonds is 7. The zero-order chi connectivity index (χ0) is 21.0. The molecule has 6 nitrogen and oxygen atoms in total. The number of amides is 1. The molecule has 1 N–H and O–H groups in total. The van der Waals surface area contributed by atoms with E-state index in [9.17, 15) is 13.6 Å². The quantitative estimate of drug-likeness (QED) is 0.493. The van der Waals surface area contributed by atoms with E-state index in [0.717, 1.165) is 16.6 Å². The van der Waals surface area contributed by atoms with E-state index in [1.807, 2.05) is 12.1 Å². The first kappa shape index (κ1) is 21.3. The van der Waals surface area contributed by atoms with Gasteiger partial charge in [0.2, 0.25) is 5.91 Å². The van der Waals surface area contributed by atoms with E-state index in [1.165, 1.54) is 17.8 Å². The third-order valence-corrected chi connectivity index (χ3v) is 5.44. The Labute approximate surface area is 178 Å². The van der Waals surface area contributed by atoms with Crippen LogP contribution in [0, 0.1) is 11.6 Å². The summed E-state index contributed by atoms with van der Waals surface area (Å²) in [5.74, 6) is -1.14. The van der Waals surface area contributed by atoms with Gasteiger partial charge in [0.1, 0.15) is 5.82 Å². The number of carbonyl (C=O) groups is 1. The molecule has 0 saturated heterocycles. The summed E-state index contributed by atoms with van der Waals surface area (Å²) in [6, 6.07) is 10.4. The molecular weight excluding hydrogens is 466 g/mol. The highest BCUT2D eigenvalue weighted by atomic mass is 79.9. The van der Waals surface area contributed by atoms with Crippen LogP contribution >= 0.6 is 27.7 Å². The van der Waals surface area contributed by atoms with Crippen molar-refractivity contribution in [1.29, 1.82) is 0 Å². The van der Waals surface area contributed by atoms with Crippen LogP contribution in [0.1, 0.15) is 18.9 Å². The molecule has 1 unspecified atom stereocenters. The molecule has 1 atom stereocenters. The molecule has 152 valence electrons. The molecule has 0 bridgehead atoms. The zero-order valence-electron chi connectivity index (χ0n) is 15.5. The van der Waals surface area contributed by atoms with E-state index in [0.29, 0.717) is 16.7 Å². The minimum atomic E-state index is -0.793. The van der Waals surface area contributed by atoms with E-state index in [2.05, 4.69) is 31.4 Å². The lowest BCUT2D eigenvalue weighted by Gasteiger charge is -2.14. The highest BCUT2D eigenvalue weighted by Gasteiger charge is 2.19. The number of carbonyl (C=O) groups excluding carboxylic acids is 1. The van der Waals surface area contributed by atoms with Gasteiger partial charge in [0.25, 0.3) is 0 Å². The van der Waals surface area contributed by atoms with Crippen molar-refractivity contribution in [1.82, 2.24) is 14.8 Å². The molecule has 3 aromatic rings. The molecule has 1 heterocycles. The van der Waals surface area contributed by atoms with Crippen LogP contribution in [0.15, 0.2) is 52.1 Å². The van der Waals surface area contributed by atoms with Crippen LogP contribution in [0.3, 0.4) is 0 Å². The lowest BCUT2D eigenvalue weighted by Crippen LogP contribution is -2.15. The first-order valence-electron chi connectivity index (χ1n) is 8.52. The number of nitrogens with one attached hydrogen (secondary N) is 1. The second kappa shape index (κ2) is 9.36. The molecule has 0 spiro atoms. The first-order chi connectivity index (χ1) is 13.8. The SMILES string of the molecule is CC(Oc1ccc(F)cc1F)c1nnc(SCC(=O)Nc2ccc(Br)cc2)n1C. The number of anilines is 1. The molecular formula is C19H17BrF2N4O2S. The van der Waals surface area contributed by atoms with Gasteiger partial charge in [-0.1, -0.05) is 27.7 Å².